The van der Waals surface area contributed by atoms with Crippen LogP contribution in [-0.4, -0.2) is 24.0 Å². The fraction of sp³-hybridized carbons (Fsp3) is 0.611. The lowest BCUT2D eigenvalue weighted by Gasteiger charge is -2.41. The lowest BCUT2D eigenvalue weighted by molar-refractivity contribution is 0.108. The van der Waals surface area contributed by atoms with Gasteiger partial charge in [-0.3, -0.25) is 0 Å². The molecule has 1 aromatic rings. The van der Waals surface area contributed by atoms with E-state index in [0.717, 1.165) is 36.2 Å². The summed E-state index contributed by atoms with van der Waals surface area (Å²) < 4.78 is 0. The molecular formula is C18H26N2O. The van der Waals surface area contributed by atoms with Crippen LogP contribution in [-0.2, 0) is 0 Å². The van der Waals surface area contributed by atoms with Gasteiger partial charge in [0.15, 0.2) is 0 Å². The highest BCUT2D eigenvalue weighted by Crippen LogP contribution is 2.36. The maximum absolute atomic E-state index is 12.5. The molecule has 21 heavy (non-hydrogen) atoms. The Labute approximate surface area is 127 Å². The SMILES string of the molecule is Cc1ccc(NC(=O)N2CC[C@H]3CCCC[C@H]3C2)c(C)c1. The summed E-state index contributed by atoms with van der Waals surface area (Å²) in [6.07, 6.45) is 6.59. The van der Waals surface area contributed by atoms with E-state index in [-0.39, 0.29) is 6.03 Å². The molecule has 3 nitrogen and oxygen atoms in total. The Balaban J connectivity index is 1.63. The predicted molar refractivity (Wildman–Crippen MR) is 86.6 cm³/mol. The summed E-state index contributed by atoms with van der Waals surface area (Å²) >= 11 is 0. The number of nitrogens with zero attached hydrogens (tertiary/aromatic N) is 1. The summed E-state index contributed by atoms with van der Waals surface area (Å²) in [4.78, 5) is 14.5. The van der Waals surface area contributed by atoms with Crippen molar-refractivity contribution in [3.05, 3.63) is 29.3 Å². The van der Waals surface area contributed by atoms with E-state index in [9.17, 15) is 4.79 Å². The molecule has 114 valence electrons. The molecular weight excluding hydrogens is 260 g/mol. The van der Waals surface area contributed by atoms with Crippen molar-refractivity contribution < 1.29 is 4.79 Å². The van der Waals surface area contributed by atoms with E-state index in [0.29, 0.717) is 0 Å². The number of aryl methyl sites for hydroxylation is 2. The van der Waals surface area contributed by atoms with Gasteiger partial charge in [0.2, 0.25) is 0 Å². The van der Waals surface area contributed by atoms with Crippen molar-refractivity contribution in [2.75, 3.05) is 18.4 Å². The first-order valence-corrected chi connectivity index (χ1v) is 8.26. The number of piperidine rings is 1. The van der Waals surface area contributed by atoms with Crippen LogP contribution in [0.15, 0.2) is 18.2 Å². The second-order valence-corrected chi connectivity index (χ2v) is 6.79. The molecule has 0 spiro atoms. The van der Waals surface area contributed by atoms with Gasteiger partial charge >= 0.3 is 6.03 Å². The van der Waals surface area contributed by atoms with Crippen LogP contribution in [0, 0.1) is 25.7 Å². The van der Waals surface area contributed by atoms with E-state index >= 15 is 0 Å². The van der Waals surface area contributed by atoms with Gasteiger partial charge in [0, 0.05) is 18.8 Å². The third-order valence-corrected chi connectivity index (χ3v) is 5.20. The highest BCUT2D eigenvalue weighted by molar-refractivity contribution is 5.90. The Hall–Kier alpha value is -1.51. The molecule has 1 aliphatic carbocycles. The molecule has 1 saturated heterocycles. The standard InChI is InChI=1S/C18H26N2O/c1-13-7-8-17(14(2)11-13)19-18(21)20-10-9-15-5-3-4-6-16(15)12-20/h7-8,11,15-16H,3-6,9-10,12H2,1-2H3,(H,19,21)/t15-,16+/m1/s1. The minimum atomic E-state index is 0.0750. The molecule has 3 rings (SSSR count). The normalized spacial score (nSPS) is 25.3. The predicted octanol–water partition coefficient (Wildman–Crippen LogP) is 4.35. The highest BCUT2D eigenvalue weighted by atomic mass is 16.2. The molecule has 2 atom stereocenters. The number of carbonyl (C=O) groups is 1. The van der Waals surface area contributed by atoms with Gasteiger partial charge in [-0.1, -0.05) is 37.0 Å². The Morgan fingerprint density at radius 2 is 1.90 bits per heavy atom. The zero-order valence-electron chi connectivity index (χ0n) is 13.2. The van der Waals surface area contributed by atoms with Gasteiger partial charge in [0.25, 0.3) is 0 Å². The molecule has 0 unspecified atom stereocenters. The molecule has 1 aromatic carbocycles. The number of nitrogens with one attached hydrogen (secondary N) is 1. The quantitative estimate of drug-likeness (QED) is 0.818. The number of urea groups is 1. The molecule has 2 fully saturated rings. The van der Waals surface area contributed by atoms with Gasteiger partial charge in [-0.15, -0.1) is 0 Å². The number of rotatable bonds is 1. The third-order valence-electron chi connectivity index (χ3n) is 5.20. The van der Waals surface area contributed by atoms with Crippen LogP contribution in [0.3, 0.4) is 0 Å². The summed E-state index contributed by atoms with van der Waals surface area (Å²) in [6, 6.07) is 6.25. The fourth-order valence-electron chi connectivity index (χ4n) is 3.93. The summed E-state index contributed by atoms with van der Waals surface area (Å²) in [5, 5.41) is 3.09. The van der Waals surface area contributed by atoms with Crippen LogP contribution in [0.4, 0.5) is 10.5 Å². The first-order chi connectivity index (χ1) is 10.1. The van der Waals surface area contributed by atoms with Crippen LogP contribution in [0.1, 0.15) is 43.2 Å². The average Bonchev–Trinajstić information content (AvgIpc) is 2.49. The number of hydrogen-bond donors (Lipinski definition) is 1. The molecule has 0 aromatic heterocycles. The van der Waals surface area contributed by atoms with Crippen molar-refractivity contribution >= 4 is 11.7 Å². The molecule has 1 N–H and O–H groups in total. The van der Waals surface area contributed by atoms with Crippen molar-refractivity contribution in [1.82, 2.24) is 4.90 Å². The summed E-state index contributed by atoms with van der Waals surface area (Å²) in [6.45, 7) is 5.99. The number of benzene rings is 1. The minimum Gasteiger partial charge on any atom is -0.324 e. The Bertz CT molecular complexity index is 526. The van der Waals surface area contributed by atoms with Crippen molar-refractivity contribution in [2.24, 2.45) is 11.8 Å². The van der Waals surface area contributed by atoms with Gasteiger partial charge in [-0.2, -0.15) is 0 Å². The van der Waals surface area contributed by atoms with E-state index in [1.165, 1.54) is 37.7 Å². The molecule has 1 aliphatic heterocycles. The zero-order valence-corrected chi connectivity index (χ0v) is 13.2. The molecule has 1 heterocycles. The molecule has 0 radical (unpaired) electrons. The topological polar surface area (TPSA) is 32.3 Å². The average molecular weight is 286 g/mol. The van der Waals surface area contributed by atoms with Gasteiger partial charge in [0.05, 0.1) is 0 Å². The summed E-state index contributed by atoms with van der Waals surface area (Å²) in [5.74, 6) is 1.60. The van der Waals surface area contributed by atoms with Crippen molar-refractivity contribution in [1.29, 1.82) is 0 Å². The number of anilines is 1. The number of likely N-dealkylation sites (tertiary alicyclic amines) is 1. The van der Waals surface area contributed by atoms with Gasteiger partial charge in [-0.05, 0) is 50.2 Å². The van der Waals surface area contributed by atoms with Crippen LogP contribution in [0.25, 0.3) is 0 Å². The van der Waals surface area contributed by atoms with Gasteiger partial charge < -0.3 is 10.2 Å². The molecule has 0 bridgehead atoms. The van der Waals surface area contributed by atoms with Gasteiger partial charge in [0.1, 0.15) is 0 Å². The molecule has 2 amide bonds. The van der Waals surface area contributed by atoms with E-state index in [4.69, 9.17) is 0 Å². The number of fused-ring (bicyclic) bond motifs is 1. The Morgan fingerprint density at radius 3 is 2.67 bits per heavy atom. The van der Waals surface area contributed by atoms with E-state index < -0.39 is 0 Å². The van der Waals surface area contributed by atoms with Crippen LogP contribution >= 0.6 is 0 Å². The number of amides is 2. The van der Waals surface area contributed by atoms with Crippen molar-refractivity contribution in [2.45, 2.75) is 46.0 Å². The van der Waals surface area contributed by atoms with Crippen molar-refractivity contribution in [3.8, 4) is 0 Å². The second kappa shape index (κ2) is 6.08. The van der Waals surface area contributed by atoms with Crippen LogP contribution in [0.5, 0.6) is 0 Å². The Morgan fingerprint density at radius 1 is 1.14 bits per heavy atom. The van der Waals surface area contributed by atoms with E-state index in [1.54, 1.807) is 0 Å². The maximum atomic E-state index is 12.5. The number of carbonyl (C=O) groups excluding carboxylic acids is 1. The monoisotopic (exact) mass is 286 g/mol. The van der Waals surface area contributed by atoms with E-state index in [1.807, 2.05) is 11.0 Å². The Kier molecular flexibility index (Phi) is 4.18. The number of hydrogen-bond acceptors (Lipinski definition) is 1. The largest absolute Gasteiger partial charge is 0.324 e. The molecule has 2 aliphatic rings. The maximum Gasteiger partial charge on any atom is 0.321 e. The third kappa shape index (κ3) is 3.22. The minimum absolute atomic E-state index is 0.0750. The second-order valence-electron chi connectivity index (χ2n) is 6.79. The molecule has 3 heteroatoms. The lowest BCUT2D eigenvalue weighted by Crippen LogP contribution is -2.46. The highest BCUT2D eigenvalue weighted by Gasteiger charge is 2.32. The van der Waals surface area contributed by atoms with Crippen molar-refractivity contribution in [3.63, 3.8) is 0 Å². The summed E-state index contributed by atoms with van der Waals surface area (Å²) in [5.41, 5.74) is 3.31. The fourth-order valence-corrected chi connectivity index (χ4v) is 3.93. The zero-order chi connectivity index (χ0) is 14.8. The van der Waals surface area contributed by atoms with E-state index in [2.05, 4.69) is 31.3 Å². The molecule has 1 saturated carbocycles. The first kappa shape index (κ1) is 14.4. The van der Waals surface area contributed by atoms with Gasteiger partial charge in [-0.25, -0.2) is 4.79 Å². The smallest absolute Gasteiger partial charge is 0.321 e. The lowest BCUT2D eigenvalue weighted by atomic mass is 9.75. The van der Waals surface area contributed by atoms with Crippen LogP contribution < -0.4 is 5.32 Å². The summed E-state index contributed by atoms with van der Waals surface area (Å²) in [7, 11) is 0. The first-order valence-electron chi connectivity index (χ1n) is 8.26. The van der Waals surface area contributed by atoms with Crippen LogP contribution in [0.2, 0.25) is 0 Å².